The van der Waals surface area contributed by atoms with Gasteiger partial charge in [-0.25, -0.2) is 4.21 Å². The van der Waals surface area contributed by atoms with Crippen LogP contribution in [0.3, 0.4) is 0 Å². The van der Waals surface area contributed by atoms with Crippen LogP contribution in [0.2, 0.25) is 0 Å². The summed E-state index contributed by atoms with van der Waals surface area (Å²) in [5, 5.41) is 0. The molecule has 2 aromatic rings. The lowest BCUT2D eigenvalue weighted by Crippen LogP contribution is -2.14. The average Bonchev–Trinajstić information content (AvgIpc) is 2.52. The molecule has 0 spiro atoms. The molecule has 0 amide bonds. The van der Waals surface area contributed by atoms with Crippen LogP contribution >= 0.6 is 0 Å². The monoisotopic (exact) mass is 328 g/mol. The van der Waals surface area contributed by atoms with Crippen LogP contribution in [-0.2, 0) is 15.6 Å². The van der Waals surface area contributed by atoms with Gasteiger partial charge in [-0.05, 0) is 49.9 Å². The van der Waals surface area contributed by atoms with E-state index in [0.717, 1.165) is 27.3 Å². The molecule has 3 heteroatoms. The first-order valence-electron chi connectivity index (χ1n) is 7.98. The van der Waals surface area contributed by atoms with E-state index in [4.69, 9.17) is 0 Å². The third-order valence-corrected chi connectivity index (χ3v) is 5.40. The Morgan fingerprint density at radius 2 is 1.65 bits per heavy atom. The quantitative estimate of drug-likeness (QED) is 0.757. The molecule has 0 saturated carbocycles. The van der Waals surface area contributed by atoms with Crippen molar-refractivity contribution < 1.29 is 9.00 Å². The maximum Gasteiger partial charge on any atom is 0.137 e. The van der Waals surface area contributed by atoms with E-state index in [-0.39, 0.29) is 11.7 Å². The summed E-state index contributed by atoms with van der Waals surface area (Å²) >= 11 is 0. The van der Waals surface area contributed by atoms with Crippen molar-refractivity contribution in [3.8, 4) is 0 Å². The van der Waals surface area contributed by atoms with Gasteiger partial charge in [-0.15, -0.1) is 0 Å². The second-order valence-electron chi connectivity index (χ2n) is 6.41. The number of hydrogen-bond acceptors (Lipinski definition) is 2. The van der Waals surface area contributed by atoms with Crippen LogP contribution in [0.4, 0.5) is 0 Å². The number of carbonyl (C=O) groups is 1. The van der Waals surface area contributed by atoms with Gasteiger partial charge in [0.1, 0.15) is 5.78 Å². The van der Waals surface area contributed by atoms with Gasteiger partial charge >= 0.3 is 0 Å². The Balaban J connectivity index is 2.45. The van der Waals surface area contributed by atoms with Crippen LogP contribution in [0.1, 0.15) is 44.2 Å². The number of hydrogen-bond donors (Lipinski definition) is 0. The van der Waals surface area contributed by atoms with Gasteiger partial charge in [0.2, 0.25) is 0 Å². The lowest BCUT2D eigenvalue weighted by atomic mass is 9.87. The Hall–Kier alpha value is -1.74. The smallest absolute Gasteiger partial charge is 0.137 e. The van der Waals surface area contributed by atoms with Crippen LogP contribution in [0.15, 0.2) is 58.3 Å². The van der Waals surface area contributed by atoms with E-state index in [2.05, 4.69) is 13.8 Å². The summed E-state index contributed by atoms with van der Waals surface area (Å²) < 4.78 is 13.0. The summed E-state index contributed by atoms with van der Waals surface area (Å²) in [5.41, 5.74) is 2.04. The molecule has 2 rings (SSSR count). The van der Waals surface area contributed by atoms with Crippen LogP contribution in [0, 0.1) is 12.8 Å². The van der Waals surface area contributed by atoms with Crippen molar-refractivity contribution in [3.05, 3.63) is 59.7 Å². The molecule has 0 radical (unpaired) electrons. The Bertz CT molecular complexity index is 702. The van der Waals surface area contributed by atoms with Crippen molar-refractivity contribution >= 4 is 16.6 Å². The number of aryl methyl sites for hydroxylation is 1. The maximum absolute atomic E-state index is 13.0. The van der Waals surface area contributed by atoms with Crippen molar-refractivity contribution in [2.45, 2.75) is 49.8 Å². The van der Waals surface area contributed by atoms with E-state index in [1.54, 1.807) is 6.92 Å². The van der Waals surface area contributed by atoms with Gasteiger partial charge in [-0.3, -0.25) is 4.79 Å². The molecule has 0 unspecified atom stereocenters. The summed E-state index contributed by atoms with van der Waals surface area (Å²) in [5.74, 6) is 0.345. The molecular formula is C20H24O2S. The molecule has 0 N–H and O–H groups in total. The zero-order valence-electron chi connectivity index (χ0n) is 14.2. The Morgan fingerprint density at radius 3 is 2.22 bits per heavy atom. The topological polar surface area (TPSA) is 34.1 Å². The predicted molar refractivity (Wildman–Crippen MR) is 95.2 cm³/mol. The van der Waals surface area contributed by atoms with E-state index in [1.807, 2.05) is 55.5 Å². The molecule has 2 aromatic carbocycles. The first-order valence-corrected chi connectivity index (χ1v) is 9.13. The van der Waals surface area contributed by atoms with Crippen LogP contribution in [0.25, 0.3) is 0 Å². The van der Waals surface area contributed by atoms with Crippen LogP contribution in [-0.4, -0.2) is 9.99 Å². The fraction of sp³-hybridized carbons (Fsp3) is 0.350. The second kappa shape index (κ2) is 7.69. The minimum absolute atomic E-state index is 0.132. The summed E-state index contributed by atoms with van der Waals surface area (Å²) in [6.07, 6.45) is 0.775. The molecule has 0 fully saturated rings. The minimum atomic E-state index is -1.27. The molecule has 2 nitrogen and oxygen atoms in total. The van der Waals surface area contributed by atoms with Crippen molar-refractivity contribution in [2.75, 3.05) is 0 Å². The molecule has 0 bridgehead atoms. The van der Waals surface area contributed by atoms with E-state index in [9.17, 15) is 9.00 Å². The first kappa shape index (κ1) is 17.6. The van der Waals surface area contributed by atoms with Gasteiger partial charge in [0.15, 0.2) is 0 Å². The van der Waals surface area contributed by atoms with Gasteiger partial charge < -0.3 is 0 Å². The van der Waals surface area contributed by atoms with E-state index >= 15 is 0 Å². The highest BCUT2D eigenvalue weighted by atomic mass is 32.2. The molecule has 23 heavy (non-hydrogen) atoms. The fourth-order valence-corrected chi connectivity index (χ4v) is 3.97. The number of Topliss-reactive ketones (excluding diaryl/α,β-unsaturated/α-hetero) is 1. The second-order valence-corrected chi connectivity index (χ2v) is 7.86. The maximum atomic E-state index is 13.0. The highest BCUT2D eigenvalue weighted by molar-refractivity contribution is 7.85. The average molecular weight is 328 g/mol. The number of benzene rings is 2. The Morgan fingerprint density at radius 1 is 1.04 bits per heavy atom. The summed E-state index contributed by atoms with van der Waals surface area (Å²) in [6, 6.07) is 15.3. The zero-order valence-corrected chi connectivity index (χ0v) is 15.0. The van der Waals surface area contributed by atoms with Gasteiger partial charge in [-0.1, -0.05) is 49.7 Å². The molecule has 2 atom stereocenters. The van der Waals surface area contributed by atoms with Crippen molar-refractivity contribution in [1.82, 2.24) is 0 Å². The largest absolute Gasteiger partial charge is 0.299 e. The standard InChI is InChI=1S/C20H24O2S/c1-14(2)13-19(16(4)21)18-7-5-6-8-20(18)23(22)17-11-9-15(3)10-12-17/h5-12,14,19H,13H2,1-4H3/t19-,23+/m1/s1. The molecule has 0 aliphatic carbocycles. The SMILES string of the molecule is CC(=O)[C@@H](CC(C)C)c1ccccc1[S@@](=O)c1ccc(C)cc1. The summed E-state index contributed by atoms with van der Waals surface area (Å²) in [6.45, 7) is 7.85. The van der Waals surface area contributed by atoms with Crippen molar-refractivity contribution in [1.29, 1.82) is 0 Å². The van der Waals surface area contributed by atoms with E-state index in [1.165, 1.54) is 0 Å². The van der Waals surface area contributed by atoms with Gasteiger partial charge in [-0.2, -0.15) is 0 Å². The zero-order chi connectivity index (χ0) is 17.0. The highest BCUT2D eigenvalue weighted by Crippen LogP contribution is 2.31. The normalized spacial score (nSPS) is 13.8. The van der Waals surface area contributed by atoms with E-state index < -0.39 is 10.8 Å². The third kappa shape index (κ3) is 4.38. The number of rotatable bonds is 6. The van der Waals surface area contributed by atoms with Gasteiger partial charge in [0, 0.05) is 15.7 Å². The Kier molecular flexibility index (Phi) is 5.89. The first-order chi connectivity index (χ1) is 10.9. The summed E-state index contributed by atoms with van der Waals surface area (Å²) in [7, 11) is -1.27. The Labute approximate surface area is 141 Å². The van der Waals surface area contributed by atoms with E-state index in [0.29, 0.717) is 5.92 Å². The number of ketones is 1. The van der Waals surface area contributed by atoms with Crippen LogP contribution < -0.4 is 0 Å². The fourth-order valence-electron chi connectivity index (χ4n) is 2.71. The molecule has 0 heterocycles. The lowest BCUT2D eigenvalue weighted by Gasteiger charge is -2.19. The lowest BCUT2D eigenvalue weighted by molar-refractivity contribution is -0.118. The van der Waals surface area contributed by atoms with Gasteiger partial charge in [0.25, 0.3) is 0 Å². The molecular weight excluding hydrogens is 304 g/mol. The predicted octanol–water partition coefficient (Wildman–Crippen LogP) is 4.88. The van der Waals surface area contributed by atoms with Crippen molar-refractivity contribution in [2.24, 2.45) is 5.92 Å². The van der Waals surface area contributed by atoms with Crippen LogP contribution in [0.5, 0.6) is 0 Å². The molecule has 0 aromatic heterocycles. The molecule has 122 valence electrons. The minimum Gasteiger partial charge on any atom is -0.299 e. The highest BCUT2D eigenvalue weighted by Gasteiger charge is 2.23. The molecule has 0 aliphatic rings. The number of carbonyl (C=O) groups excluding carboxylic acids is 1. The van der Waals surface area contributed by atoms with Crippen molar-refractivity contribution in [3.63, 3.8) is 0 Å². The molecule has 0 aliphatic heterocycles. The third-order valence-electron chi connectivity index (χ3n) is 3.93. The van der Waals surface area contributed by atoms with Gasteiger partial charge in [0.05, 0.1) is 10.8 Å². The molecule has 0 saturated heterocycles. The summed E-state index contributed by atoms with van der Waals surface area (Å²) in [4.78, 5) is 13.7.